The Morgan fingerprint density at radius 2 is 2.00 bits per heavy atom. The van der Waals surface area contributed by atoms with Crippen molar-refractivity contribution in [2.45, 2.75) is 19.9 Å². The number of pyridine rings is 1. The van der Waals surface area contributed by atoms with Crippen molar-refractivity contribution in [1.29, 1.82) is 5.26 Å². The standard InChI is InChI=1S/C24H27N5O4/c1-16-10-17(2)22(26-13-16)27-6-8-28(9-7-27)23(30)21-5-4-19(11-18(21)12-25)29-20(14-32-3)15-33-24(29)31/h4-5,10-11,13,20H,6-9,14-15H2,1-3H3/t20-/m1/s1. The fourth-order valence-corrected chi connectivity index (χ4v) is 4.38. The van der Waals surface area contributed by atoms with Crippen molar-refractivity contribution in [3.63, 3.8) is 0 Å². The molecule has 0 bridgehead atoms. The molecule has 2 amide bonds. The predicted octanol–water partition coefficient (Wildman–Crippen LogP) is 2.50. The van der Waals surface area contributed by atoms with Crippen molar-refractivity contribution in [3.8, 4) is 6.07 Å². The Bertz CT molecular complexity index is 1100. The van der Waals surface area contributed by atoms with E-state index < -0.39 is 6.09 Å². The third kappa shape index (κ3) is 4.47. The molecule has 4 rings (SSSR count). The number of methoxy groups -OCH3 is 1. The third-order valence-electron chi connectivity index (χ3n) is 6.01. The number of rotatable bonds is 5. The molecule has 0 saturated carbocycles. The van der Waals surface area contributed by atoms with E-state index in [9.17, 15) is 14.9 Å². The summed E-state index contributed by atoms with van der Waals surface area (Å²) in [6.07, 6.45) is 1.37. The Labute approximate surface area is 193 Å². The molecule has 1 aromatic heterocycles. The first-order valence-electron chi connectivity index (χ1n) is 10.9. The average Bonchev–Trinajstić information content (AvgIpc) is 3.18. The molecule has 0 radical (unpaired) electrons. The number of anilines is 2. The Morgan fingerprint density at radius 3 is 2.67 bits per heavy atom. The summed E-state index contributed by atoms with van der Waals surface area (Å²) >= 11 is 0. The van der Waals surface area contributed by atoms with Crippen LogP contribution < -0.4 is 9.80 Å². The Balaban J connectivity index is 1.49. The highest BCUT2D eigenvalue weighted by atomic mass is 16.6. The zero-order valence-electron chi connectivity index (χ0n) is 19.1. The van der Waals surface area contributed by atoms with Crippen molar-refractivity contribution >= 4 is 23.5 Å². The van der Waals surface area contributed by atoms with E-state index in [1.54, 1.807) is 30.2 Å². The number of cyclic esters (lactones) is 1. The van der Waals surface area contributed by atoms with Crippen LogP contribution in [-0.2, 0) is 9.47 Å². The summed E-state index contributed by atoms with van der Waals surface area (Å²) in [6, 6.07) is 8.80. The van der Waals surface area contributed by atoms with Crippen LogP contribution in [-0.4, -0.2) is 74.4 Å². The molecule has 33 heavy (non-hydrogen) atoms. The monoisotopic (exact) mass is 449 g/mol. The number of hydrogen-bond donors (Lipinski definition) is 0. The van der Waals surface area contributed by atoms with Gasteiger partial charge in [0.15, 0.2) is 0 Å². The molecule has 2 aliphatic heterocycles. The van der Waals surface area contributed by atoms with Gasteiger partial charge < -0.3 is 19.3 Å². The number of amides is 2. The number of hydrogen-bond acceptors (Lipinski definition) is 7. The number of ether oxygens (including phenoxy) is 2. The van der Waals surface area contributed by atoms with Crippen LogP contribution in [0.2, 0.25) is 0 Å². The second kappa shape index (κ2) is 9.46. The molecule has 0 aliphatic carbocycles. The largest absolute Gasteiger partial charge is 0.447 e. The lowest BCUT2D eigenvalue weighted by Crippen LogP contribution is -2.49. The van der Waals surface area contributed by atoms with Gasteiger partial charge in [0.2, 0.25) is 0 Å². The molecule has 2 aromatic rings. The zero-order valence-corrected chi connectivity index (χ0v) is 19.1. The van der Waals surface area contributed by atoms with E-state index in [-0.39, 0.29) is 24.1 Å². The average molecular weight is 450 g/mol. The number of benzene rings is 1. The lowest BCUT2D eigenvalue weighted by atomic mass is 10.0. The molecular formula is C24H27N5O4. The maximum atomic E-state index is 13.2. The van der Waals surface area contributed by atoms with E-state index in [0.717, 1.165) is 16.9 Å². The van der Waals surface area contributed by atoms with E-state index in [4.69, 9.17) is 9.47 Å². The van der Waals surface area contributed by atoms with Gasteiger partial charge in [0.25, 0.3) is 5.91 Å². The number of aromatic nitrogens is 1. The molecule has 172 valence electrons. The highest BCUT2D eigenvalue weighted by Gasteiger charge is 2.35. The van der Waals surface area contributed by atoms with Gasteiger partial charge in [-0.05, 0) is 43.2 Å². The van der Waals surface area contributed by atoms with E-state index in [1.807, 2.05) is 20.0 Å². The summed E-state index contributed by atoms with van der Waals surface area (Å²) < 4.78 is 10.3. The van der Waals surface area contributed by atoms with E-state index in [0.29, 0.717) is 44.0 Å². The minimum atomic E-state index is -0.490. The number of carbonyl (C=O) groups is 2. The van der Waals surface area contributed by atoms with Crippen molar-refractivity contribution in [2.24, 2.45) is 0 Å². The second-order valence-corrected chi connectivity index (χ2v) is 8.33. The van der Waals surface area contributed by atoms with Crippen LogP contribution in [0.25, 0.3) is 0 Å². The van der Waals surface area contributed by atoms with Gasteiger partial charge in [0.05, 0.1) is 23.8 Å². The molecule has 2 fully saturated rings. The minimum absolute atomic E-state index is 0.191. The lowest BCUT2D eigenvalue weighted by Gasteiger charge is -2.36. The van der Waals surface area contributed by atoms with Gasteiger partial charge in [-0.3, -0.25) is 9.69 Å². The first-order valence-corrected chi connectivity index (χ1v) is 10.9. The molecule has 0 spiro atoms. The van der Waals surface area contributed by atoms with Gasteiger partial charge >= 0.3 is 6.09 Å². The smallest absolute Gasteiger partial charge is 0.414 e. The fraction of sp³-hybridized carbons (Fsp3) is 0.417. The lowest BCUT2D eigenvalue weighted by molar-refractivity contribution is 0.0746. The van der Waals surface area contributed by atoms with Crippen LogP contribution in [0.3, 0.4) is 0 Å². The summed E-state index contributed by atoms with van der Waals surface area (Å²) in [4.78, 5) is 35.4. The summed E-state index contributed by atoms with van der Waals surface area (Å²) in [7, 11) is 1.55. The van der Waals surface area contributed by atoms with E-state index in [2.05, 4.69) is 22.0 Å². The first-order chi connectivity index (χ1) is 15.9. The molecule has 1 aromatic carbocycles. The minimum Gasteiger partial charge on any atom is -0.447 e. The van der Waals surface area contributed by atoms with Gasteiger partial charge in [-0.2, -0.15) is 5.26 Å². The number of nitriles is 1. The quantitative estimate of drug-likeness (QED) is 0.692. The van der Waals surface area contributed by atoms with Crippen molar-refractivity contribution in [1.82, 2.24) is 9.88 Å². The third-order valence-corrected chi connectivity index (χ3v) is 6.01. The molecule has 9 nitrogen and oxygen atoms in total. The summed E-state index contributed by atoms with van der Waals surface area (Å²) in [5, 5.41) is 9.72. The van der Waals surface area contributed by atoms with Crippen LogP contribution in [0.4, 0.5) is 16.3 Å². The maximum Gasteiger partial charge on any atom is 0.414 e. The summed E-state index contributed by atoms with van der Waals surface area (Å²) in [5.41, 5.74) is 3.30. The highest BCUT2D eigenvalue weighted by molar-refractivity contribution is 5.98. The molecular weight excluding hydrogens is 422 g/mol. The topological polar surface area (TPSA) is 99.0 Å². The number of aryl methyl sites for hydroxylation is 2. The predicted molar refractivity (Wildman–Crippen MR) is 122 cm³/mol. The van der Waals surface area contributed by atoms with E-state index in [1.165, 1.54) is 4.90 Å². The van der Waals surface area contributed by atoms with Crippen molar-refractivity contribution < 1.29 is 19.1 Å². The van der Waals surface area contributed by atoms with Crippen LogP contribution in [0.5, 0.6) is 0 Å². The van der Waals surface area contributed by atoms with Gasteiger partial charge in [0.1, 0.15) is 18.5 Å². The second-order valence-electron chi connectivity index (χ2n) is 8.33. The first kappa shape index (κ1) is 22.6. The Hall–Kier alpha value is -3.64. The van der Waals surface area contributed by atoms with Gasteiger partial charge in [-0.1, -0.05) is 6.07 Å². The normalized spacial score (nSPS) is 18.3. The van der Waals surface area contributed by atoms with Gasteiger partial charge in [-0.25, -0.2) is 9.78 Å². The molecule has 2 aliphatic rings. The van der Waals surface area contributed by atoms with Crippen LogP contribution >= 0.6 is 0 Å². The molecule has 1 atom stereocenters. The Kier molecular flexibility index (Phi) is 6.47. The fourth-order valence-electron chi connectivity index (χ4n) is 4.38. The van der Waals surface area contributed by atoms with Crippen LogP contribution in [0.1, 0.15) is 27.0 Å². The molecule has 9 heteroatoms. The van der Waals surface area contributed by atoms with Crippen LogP contribution in [0.15, 0.2) is 30.5 Å². The highest BCUT2D eigenvalue weighted by Crippen LogP contribution is 2.27. The molecule has 2 saturated heterocycles. The maximum absolute atomic E-state index is 13.2. The van der Waals surface area contributed by atoms with Crippen molar-refractivity contribution in [2.75, 3.05) is 56.3 Å². The number of carbonyl (C=O) groups excluding carboxylic acids is 2. The van der Waals surface area contributed by atoms with E-state index >= 15 is 0 Å². The summed E-state index contributed by atoms with van der Waals surface area (Å²) in [5.74, 6) is 0.752. The van der Waals surface area contributed by atoms with Crippen LogP contribution in [0, 0.1) is 25.2 Å². The van der Waals surface area contributed by atoms with Crippen molar-refractivity contribution in [3.05, 3.63) is 52.7 Å². The molecule has 0 unspecified atom stereocenters. The zero-order chi connectivity index (χ0) is 23.5. The molecule has 3 heterocycles. The SMILES string of the molecule is COC[C@@H]1COC(=O)N1c1ccc(C(=O)N2CCN(c3ncc(C)cc3C)CC2)c(C#N)c1. The number of nitrogens with zero attached hydrogens (tertiary/aromatic N) is 5. The number of piperazine rings is 1. The molecule has 0 N–H and O–H groups in total. The Morgan fingerprint density at radius 1 is 1.24 bits per heavy atom. The van der Waals surface area contributed by atoms with Gasteiger partial charge in [-0.15, -0.1) is 0 Å². The summed E-state index contributed by atoms with van der Waals surface area (Å²) in [6.45, 7) is 7.00. The van der Waals surface area contributed by atoms with Gasteiger partial charge in [0, 0.05) is 45.2 Å².